The molecule has 4 nitrogen and oxygen atoms in total. The first kappa shape index (κ1) is 34.6. The van der Waals surface area contributed by atoms with Crippen LogP contribution < -0.4 is 0 Å². The molecule has 35 heavy (non-hydrogen) atoms. The largest absolute Gasteiger partial charge is 0.397 e. The van der Waals surface area contributed by atoms with Gasteiger partial charge in [0.15, 0.2) is 0 Å². The minimum absolute atomic E-state index is 0.0457. The van der Waals surface area contributed by atoms with Crippen molar-refractivity contribution in [3.8, 4) is 0 Å². The van der Waals surface area contributed by atoms with Gasteiger partial charge in [0.2, 0.25) is 0 Å². The van der Waals surface area contributed by atoms with Gasteiger partial charge in [-0.25, -0.2) is 4.18 Å². The van der Waals surface area contributed by atoms with Gasteiger partial charge in [-0.3, -0.25) is 4.55 Å². The second-order valence-corrected chi connectivity index (χ2v) is 11.6. The van der Waals surface area contributed by atoms with Crippen molar-refractivity contribution in [2.45, 2.75) is 168 Å². The molecule has 0 aromatic carbocycles. The summed E-state index contributed by atoms with van der Waals surface area (Å²) in [7, 11) is -4.36. The smallest absolute Gasteiger partial charge is 0.264 e. The second-order valence-electron chi connectivity index (χ2n) is 10.5. The fraction of sp³-hybridized carbons (Fsp3) is 0.933. The quantitative estimate of drug-likeness (QED) is 0.0638. The Balaban J connectivity index is 3.68. The van der Waals surface area contributed by atoms with Crippen molar-refractivity contribution in [3.63, 3.8) is 0 Å². The van der Waals surface area contributed by atoms with Crippen molar-refractivity contribution >= 4 is 10.4 Å². The predicted octanol–water partition coefficient (Wildman–Crippen LogP) is 10.4. The van der Waals surface area contributed by atoms with Gasteiger partial charge in [-0.15, -0.1) is 0 Å². The van der Waals surface area contributed by atoms with E-state index in [-0.39, 0.29) is 12.5 Å². The maximum atomic E-state index is 11.0. The molecule has 5 heteroatoms. The van der Waals surface area contributed by atoms with Crippen LogP contribution in [0.4, 0.5) is 0 Å². The number of unbranched alkanes of at least 4 members (excludes halogenated alkanes) is 21. The maximum absolute atomic E-state index is 11.0. The van der Waals surface area contributed by atoms with Gasteiger partial charge in [-0.05, 0) is 19.3 Å². The van der Waals surface area contributed by atoms with Gasteiger partial charge in [-0.2, -0.15) is 8.42 Å². The number of hydrogen-bond acceptors (Lipinski definition) is 3. The van der Waals surface area contributed by atoms with Crippen LogP contribution in [0, 0.1) is 5.92 Å². The zero-order valence-electron chi connectivity index (χ0n) is 23.5. The van der Waals surface area contributed by atoms with Crippen molar-refractivity contribution in [2.75, 3.05) is 6.61 Å². The summed E-state index contributed by atoms with van der Waals surface area (Å²) in [6, 6.07) is 0. The summed E-state index contributed by atoms with van der Waals surface area (Å²) < 4.78 is 35.5. The van der Waals surface area contributed by atoms with E-state index in [0.29, 0.717) is 0 Å². The Morgan fingerprint density at radius 2 is 0.971 bits per heavy atom. The molecule has 0 aromatic heterocycles. The Morgan fingerprint density at radius 3 is 1.37 bits per heavy atom. The Bertz CT molecular complexity index is 545. The molecule has 0 saturated carbocycles. The van der Waals surface area contributed by atoms with Gasteiger partial charge in [0.25, 0.3) is 0 Å². The Hall–Kier alpha value is -0.390. The van der Waals surface area contributed by atoms with Crippen molar-refractivity contribution < 1.29 is 17.2 Å². The van der Waals surface area contributed by atoms with Crippen LogP contribution in [0.25, 0.3) is 0 Å². The van der Waals surface area contributed by atoms with Gasteiger partial charge in [0.05, 0.1) is 6.61 Å². The monoisotopic (exact) mass is 516 g/mol. The lowest BCUT2D eigenvalue weighted by atomic mass is 9.99. The van der Waals surface area contributed by atoms with Crippen molar-refractivity contribution in [1.29, 1.82) is 0 Å². The van der Waals surface area contributed by atoms with Crippen molar-refractivity contribution in [1.82, 2.24) is 0 Å². The van der Waals surface area contributed by atoms with Crippen LogP contribution in [-0.2, 0) is 14.6 Å². The zero-order chi connectivity index (χ0) is 25.9. The molecule has 0 aliphatic heterocycles. The first-order valence-electron chi connectivity index (χ1n) is 15.3. The molecule has 0 fully saturated rings. The highest BCUT2D eigenvalue weighted by atomic mass is 32.3. The molecule has 0 saturated heterocycles. The molecule has 0 aliphatic carbocycles. The molecular weight excluding hydrogens is 456 g/mol. The minimum Gasteiger partial charge on any atom is -0.264 e. The van der Waals surface area contributed by atoms with E-state index in [0.717, 1.165) is 19.3 Å². The molecule has 0 heterocycles. The summed E-state index contributed by atoms with van der Waals surface area (Å²) in [6.07, 6.45) is 35.5. The summed E-state index contributed by atoms with van der Waals surface area (Å²) in [5.74, 6) is 0.0592. The highest BCUT2D eigenvalue weighted by molar-refractivity contribution is 7.80. The fourth-order valence-electron chi connectivity index (χ4n) is 4.69. The molecule has 1 unspecified atom stereocenters. The Morgan fingerprint density at radius 1 is 0.600 bits per heavy atom. The lowest BCUT2D eigenvalue weighted by molar-refractivity contribution is 0.234. The fourth-order valence-corrected chi connectivity index (χ4v) is 5.04. The van der Waals surface area contributed by atoms with E-state index in [2.05, 4.69) is 30.2 Å². The molecule has 1 atom stereocenters. The number of hydrogen-bond donors (Lipinski definition) is 1. The first-order valence-corrected chi connectivity index (χ1v) is 16.6. The minimum atomic E-state index is -4.36. The van der Waals surface area contributed by atoms with E-state index < -0.39 is 10.4 Å². The molecule has 0 aromatic rings. The van der Waals surface area contributed by atoms with Crippen LogP contribution >= 0.6 is 0 Å². The van der Waals surface area contributed by atoms with Crippen molar-refractivity contribution in [2.24, 2.45) is 5.92 Å². The topological polar surface area (TPSA) is 63.6 Å². The molecule has 1 N–H and O–H groups in total. The lowest BCUT2D eigenvalue weighted by Crippen LogP contribution is -2.12. The van der Waals surface area contributed by atoms with Crippen LogP contribution in [0.3, 0.4) is 0 Å². The molecule has 0 amide bonds. The van der Waals surface area contributed by atoms with Crippen molar-refractivity contribution in [3.05, 3.63) is 12.2 Å². The van der Waals surface area contributed by atoms with Gasteiger partial charge in [-0.1, -0.05) is 161 Å². The van der Waals surface area contributed by atoms with Crippen LogP contribution in [-0.4, -0.2) is 19.6 Å². The SMILES string of the molecule is CCCCCCC/C=C/C(CCCCCCCCCCCCCCCCCCC)COS(=O)(=O)O. The number of allylic oxidation sites excluding steroid dienone is 1. The number of rotatable bonds is 28. The lowest BCUT2D eigenvalue weighted by Gasteiger charge is -2.12. The summed E-state index contributed by atoms with van der Waals surface area (Å²) >= 11 is 0. The van der Waals surface area contributed by atoms with Crippen LogP contribution in [0.1, 0.15) is 168 Å². The summed E-state index contributed by atoms with van der Waals surface area (Å²) in [5.41, 5.74) is 0. The van der Waals surface area contributed by atoms with Crippen LogP contribution in [0.5, 0.6) is 0 Å². The van der Waals surface area contributed by atoms with E-state index in [1.807, 2.05) is 0 Å². The van der Waals surface area contributed by atoms with Gasteiger partial charge < -0.3 is 0 Å². The van der Waals surface area contributed by atoms with Crippen LogP contribution in [0.15, 0.2) is 12.2 Å². The summed E-state index contributed by atoms with van der Waals surface area (Å²) in [6.45, 7) is 4.55. The zero-order valence-corrected chi connectivity index (χ0v) is 24.3. The van der Waals surface area contributed by atoms with Crippen LogP contribution in [0.2, 0.25) is 0 Å². The van der Waals surface area contributed by atoms with E-state index in [1.54, 1.807) is 0 Å². The third-order valence-corrected chi connectivity index (χ3v) is 7.43. The van der Waals surface area contributed by atoms with E-state index in [9.17, 15) is 8.42 Å². The third-order valence-electron chi connectivity index (χ3n) is 6.99. The third kappa shape index (κ3) is 29.7. The summed E-state index contributed by atoms with van der Waals surface area (Å²) in [5, 5.41) is 0. The average molecular weight is 517 g/mol. The highest BCUT2D eigenvalue weighted by Crippen LogP contribution is 2.17. The average Bonchev–Trinajstić information content (AvgIpc) is 2.82. The highest BCUT2D eigenvalue weighted by Gasteiger charge is 2.11. The van der Waals surface area contributed by atoms with E-state index >= 15 is 0 Å². The molecule has 0 bridgehead atoms. The normalized spacial score (nSPS) is 13.1. The standard InChI is InChI=1S/C30H60O4S/c1-3-5-7-9-11-12-13-14-15-16-17-18-19-20-22-24-26-28-30(29-34-35(31,32)33)27-25-23-21-10-8-6-4-2/h25,27,30H,3-24,26,28-29H2,1-2H3,(H,31,32,33)/b27-25+. The molecule has 0 aliphatic rings. The molecule has 210 valence electrons. The van der Waals surface area contributed by atoms with E-state index in [1.165, 1.54) is 135 Å². The summed E-state index contributed by atoms with van der Waals surface area (Å²) in [4.78, 5) is 0. The van der Waals surface area contributed by atoms with Gasteiger partial charge in [0.1, 0.15) is 0 Å². The molecule has 0 rings (SSSR count). The Labute approximate surface area is 220 Å². The molecule has 0 spiro atoms. The molecular formula is C30H60O4S. The predicted molar refractivity (Wildman–Crippen MR) is 152 cm³/mol. The van der Waals surface area contributed by atoms with Gasteiger partial charge >= 0.3 is 10.4 Å². The molecule has 0 radical (unpaired) electrons. The van der Waals surface area contributed by atoms with E-state index in [4.69, 9.17) is 4.55 Å². The second kappa shape index (κ2) is 26.7. The van der Waals surface area contributed by atoms with Gasteiger partial charge in [0, 0.05) is 5.92 Å². The maximum Gasteiger partial charge on any atom is 0.397 e. The Kier molecular flexibility index (Phi) is 26.4. The first-order chi connectivity index (χ1) is 17.0.